The zero-order valence-electron chi connectivity index (χ0n) is 8.92. The number of hydrogen-bond donors (Lipinski definition) is 0. The molecule has 0 atom stereocenters. The lowest BCUT2D eigenvalue weighted by atomic mass is 10.3. The van der Waals surface area contributed by atoms with E-state index in [1.54, 1.807) is 16.2 Å². The normalized spacial score (nSPS) is 9.88. The van der Waals surface area contributed by atoms with Crippen LogP contribution in [0.4, 0.5) is 0 Å². The Morgan fingerprint density at radius 2 is 2.12 bits per heavy atom. The van der Waals surface area contributed by atoms with Crippen LogP contribution in [0.3, 0.4) is 0 Å². The van der Waals surface area contributed by atoms with Gasteiger partial charge in [0.15, 0.2) is 11.4 Å². The van der Waals surface area contributed by atoms with Crippen LogP contribution in [-0.2, 0) is 13.6 Å². The molecule has 2 aromatic heterocycles. The van der Waals surface area contributed by atoms with Gasteiger partial charge >= 0.3 is 0 Å². The highest BCUT2D eigenvalue weighted by Crippen LogP contribution is 2.12. The fourth-order valence-electron chi connectivity index (χ4n) is 1.42. The lowest BCUT2D eigenvalue weighted by Crippen LogP contribution is -2.07. The highest BCUT2D eigenvalue weighted by atomic mass is 35.5. The molecule has 0 fully saturated rings. The van der Waals surface area contributed by atoms with Gasteiger partial charge in [0.1, 0.15) is 23.1 Å². The molecule has 6 nitrogen and oxygen atoms in total. The Morgan fingerprint density at radius 3 is 2.65 bits per heavy atom. The van der Waals surface area contributed by atoms with Crippen molar-refractivity contribution < 1.29 is 0 Å². The standard InChI is InChI=1S/C10H7ClN6/c1-16-9(11)4-14-10(16)5-17-6-15-7(2-12)8(17)3-13/h4,6H,5H2,1H3. The van der Waals surface area contributed by atoms with Gasteiger partial charge in [-0.3, -0.25) is 0 Å². The smallest absolute Gasteiger partial charge is 0.176 e. The lowest BCUT2D eigenvalue weighted by molar-refractivity contribution is 0.693. The van der Waals surface area contributed by atoms with Gasteiger partial charge in [-0.2, -0.15) is 10.5 Å². The molecule has 0 aliphatic heterocycles. The van der Waals surface area contributed by atoms with Crippen LogP contribution >= 0.6 is 11.6 Å². The van der Waals surface area contributed by atoms with Crippen molar-refractivity contribution in [3.05, 3.63) is 34.9 Å². The van der Waals surface area contributed by atoms with Crippen molar-refractivity contribution in [3.8, 4) is 12.1 Å². The number of nitrogens with zero attached hydrogens (tertiary/aromatic N) is 6. The Hall–Kier alpha value is -2.31. The zero-order valence-corrected chi connectivity index (χ0v) is 9.68. The van der Waals surface area contributed by atoms with Crippen LogP contribution in [0.2, 0.25) is 5.15 Å². The molecule has 2 aromatic rings. The van der Waals surface area contributed by atoms with E-state index in [0.717, 1.165) is 0 Å². The molecule has 0 saturated carbocycles. The average Bonchev–Trinajstić information content (AvgIpc) is 2.87. The first-order valence-electron chi connectivity index (χ1n) is 4.68. The van der Waals surface area contributed by atoms with Gasteiger partial charge in [0.05, 0.1) is 19.1 Å². The minimum absolute atomic E-state index is 0.118. The molecule has 7 heteroatoms. The van der Waals surface area contributed by atoms with Gasteiger partial charge < -0.3 is 9.13 Å². The van der Waals surface area contributed by atoms with Crippen molar-refractivity contribution >= 4 is 11.6 Å². The SMILES string of the molecule is Cn1c(Cl)cnc1Cn1cnc(C#N)c1C#N. The van der Waals surface area contributed by atoms with Crippen LogP contribution in [0.1, 0.15) is 17.2 Å². The Morgan fingerprint density at radius 1 is 1.35 bits per heavy atom. The number of aromatic nitrogens is 4. The molecule has 0 aliphatic carbocycles. The second-order valence-electron chi connectivity index (χ2n) is 3.35. The Labute approximate surface area is 102 Å². The van der Waals surface area contributed by atoms with E-state index in [0.29, 0.717) is 17.5 Å². The number of halogens is 1. The number of imidazole rings is 2. The summed E-state index contributed by atoms with van der Waals surface area (Å²) in [6.07, 6.45) is 2.98. The minimum atomic E-state index is 0.118. The predicted molar refractivity (Wildman–Crippen MR) is 59.0 cm³/mol. The quantitative estimate of drug-likeness (QED) is 0.793. The summed E-state index contributed by atoms with van der Waals surface area (Å²) in [6.45, 7) is 0.348. The van der Waals surface area contributed by atoms with Gasteiger partial charge in [0.2, 0.25) is 0 Å². The number of nitriles is 2. The van der Waals surface area contributed by atoms with Crippen LogP contribution in [-0.4, -0.2) is 19.1 Å². The highest BCUT2D eigenvalue weighted by Gasteiger charge is 2.12. The predicted octanol–water partition coefficient (Wildman–Crippen LogP) is 1.06. The fourth-order valence-corrected chi connectivity index (χ4v) is 1.57. The van der Waals surface area contributed by atoms with Crippen molar-refractivity contribution in [2.75, 3.05) is 0 Å². The zero-order chi connectivity index (χ0) is 12.4. The van der Waals surface area contributed by atoms with E-state index in [1.807, 2.05) is 12.1 Å². The molecule has 0 aliphatic rings. The van der Waals surface area contributed by atoms with E-state index in [1.165, 1.54) is 12.5 Å². The van der Waals surface area contributed by atoms with Gasteiger partial charge in [-0.25, -0.2) is 9.97 Å². The molecule has 2 rings (SSSR count). The lowest BCUT2D eigenvalue weighted by Gasteiger charge is -2.04. The summed E-state index contributed by atoms with van der Waals surface area (Å²) in [4.78, 5) is 7.96. The summed E-state index contributed by atoms with van der Waals surface area (Å²) in [6, 6.07) is 3.81. The molecule has 84 valence electrons. The summed E-state index contributed by atoms with van der Waals surface area (Å²) in [7, 11) is 1.78. The van der Waals surface area contributed by atoms with E-state index in [-0.39, 0.29) is 11.4 Å². The first kappa shape index (κ1) is 11.2. The molecular weight excluding hydrogens is 240 g/mol. The molecular formula is C10H7ClN6. The van der Waals surface area contributed by atoms with Crippen molar-refractivity contribution in [1.29, 1.82) is 10.5 Å². The first-order chi connectivity index (χ1) is 8.17. The van der Waals surface area contributed by atoms with Gasteiger partial charge in [0, 0.05) is 7.05 Å². The fraction of sp³-hybridized carbons (Fsp3) is 0.200. The maximum atomic E-state index is 8.96. The van der Waals surface area contributed by atoms with Crippen LogP contribution in [0.25, 0.3) is 0 Å². The second-order valence-corrected chi connectivity index (χ2v) is 3.74. The van der Waals surface area contributed by atoms with Crippen LogP contribution in [0, 0.1) is 22.7 Å². The monoisotopic (exact) mass is 246 g/mol. The maximum Gasteiger partial charge on any atom is 0.176 e. The van der Waals surface area contributed by atoms with Crippen LogP contribution in [0.15, 0.2) is 12.5 Å². The minimum Gasteiger partial charge on any atom is -0.321 e. The third-order valence-electron chi connectivity index (χ3n) is 2.39. The summed E-state index contributed by atoms with van der Waals surface area (Å²) >= 11 is 5.86. The molecule has 0 aromatic carbocycles. The highest BCUT2D eigenvalue weighted by molar-refractivity contribution is 6.29. The molecule has 0 unspecified atom stereocenters. The maximum absolute atomic E-state index is 8.96. The van der Waals surface area contributed by atoms with E-state index in [4.69, 9.17) is 22.1 Å². The molecule has 17 heavy (non-hydrogen) atoms. The Bertz CT molecular complexity index is 639. The topological polar surface area (TPSA) is 83.2 Å². The van der Waals surface area contributed by atoms with Crippen molar-refractivity contribution in [3.63, 3.8) is 0 Å². The third kappa shape index (κ3) is 1.86. The summed E-state index contributed by atoms with van der Waals surface area (Å²) in [5.74, 6) is 0.688. The van der Waals surface area contributed by atoms with E-state index >= 15 is 0 Å². The van der Waals surface area contributed by atoms with Gasteiger partial charge in [-0.05, 0) is 0 Å². The first-order valence-corrected chi connectivity index (χ1v) is 5.06. The second kappa shape index (κ2) is 4.28. The summed E-state index contributed by atoms with van der Waals surface area (Å²) in [5.41, 5.74) is 0.347. The van der Waals surface area contributed by atoms with Crippen LogP contribution < -0.4 is 0 Å². The summed E-state index contributed by atoms with van der Waals surface area (Å²) in [5, 5.41) is 18.2. The van der Waals surface area contributed by atoms with Gasteiger partial charge in [-0.1, -0.05) is 11.6 Å². The molecule has 2 heterocycles. The van der Waals surface area contributed by atoms with E-state index < -0.39 is 0 Å². The molecule has 0 N–H and O–H groups in total. The number of rotatable bonds is 2. The molecule has 0 amide bonds. The van der Waals surface area contributed by atoms with Crippen molar-refractivity contribution in [1.82, 2.24) is 19.1 Å². The Kier molecular flexibility index (Phi) is 2.82. The summed E-state index contributed by atoms with van der Waals surface area (Å²) < 4.78 is 3.27. The Balaban J connectivity index is 2.38. The van der Waals surface area contributed by atoms with E-state index in [2.05, 4.69) is 9.97 Å². The van der Waals surface area contributed by atoms with Crippen LogP contribution in [0.5, 0.6) is 0 Å². The molecule has 0 bridgehead atoms. The third-order valence-corrected chi connectivity index (χ3v) is 2.74. The largest absolute Gasteiger partial charge is 0.321 e. The van der Waals surface area contributed by atoms with Crippen molar-refractivity contribution in [2.45, 2.75) is 6.54 Å². The average molecular weight is 247 g/mol. The number of hydrogen-bond acceptors (Lipinski definition) is 4. The van der Waals surface area contributed by atoms with E-state index in [9.17, 15) is 0 Å². The van der Waals surface area contributed by atoms with Gasteiger partial charge in [-0.15, -0.1) is 0 Å². The van der Waals surface area contributed by atoms with Crippen molar-refractivity contribution in [2.24, 2.45) is 7.05 Å². The molecule has 0 spiro atoms. The van der Waals surface area contributed by atoms with Gasteiger partial charge in [0.25, 0.3) is 0 Å². The molecule has 0 radical (unpaired) electrons. The molecule has 0 saturated heterocycles.